The fraction of sp³-hybridized carbons (Fsp3) is 0.632. The van der Waals surface area contributed by atoms with Crippen LogP contribution in [0.4, 0.5) is 0 Å². The summed E-state index contributed by atoms with van der Waals surface area (Å²) in [5.41, 5.74) is 1.65. The third kappa shape index (κ3) is 3.09. The summed E-state index contributed by atoms with van der Waals surface area (Å²) in [5, 5.41) is 3.45. The number of piperidine rings is 2. The summed E-state index contributed by atoms with van der Waals surface area (Å²) in [7, 11) is 0. The van der Waals surface area contributed by atoms with E-state index in [0.717, 1.165) is 51.2 Å². The average molecular weight is 314 g/mol. The molecule has 0 aromatic heterocycles. The summed E-state index contributed by atoms with van der Waals surface area (Å²) in [6, 6.07) is 8.28. The number of fused-ring (bicyclic) bond motifs is 1. The Morgan fingerprint density at radius 1 is 1.17 bits per heavy atom. The molecule has 2 saturated heterocycles. The van der Waals surface area contributed by atoms with Gasteiger partial charge in [0.1, 0.15) is 11.9 Å². The fourth-order valence-corrected chi connectivity index (χ4v) is 4.39. The number of carbonyl (C=O) groups excluding carboxylic acids is 1. The van der Waals surface area contributed by atoms with E-state index in [4.69, 9.17) is 4.74 Å². The van der Waals surface area contributed by atoms with Crippen LogP contribution in [0.25, 0.3) is 0 Å². The lowest BCUT2D eigenvalue weighted by atomic mass is 9.72. The lowest BCUT2D eigenvalue weighted by Gasteiger charge is -2.46. The first-order chi connectivity index (χ1) is 11.2. The maximum Gasteiger partial charge on any atom is 0.222 e. The molecule has 1 spiro atoms. The molecule has 1 N–H and O–H groups in total. The number of nitrogens with zero attached hydrogens (tertiary/aromatic N) is 1. The molecule has 1 atom stereocenters. The Bertz CT molecular complexity index is 580. The van der Waals surface area contributed by atoms with Crippen molar-refractivity contribution >= 4 is 5.91 Å². The van der Waals surface area contributed by atoms with Crippen molar-refractivity contribution in [2.45, 2.75) is 44.6 Å². The van der Waals surface area contributed by atoms with E-state index in [1.54, 1.807) is 0 Å². The highest BCUT2D eigenvalue weighted by atomic mass is 16.5. The molecule has 0 radical (unpaired) electrons. The van der Waals surface area contributed by atoms with Crippen LogP contribution in [0.3, 0.4) is 0 Å². The number of benzene rings is 1. The Morgan fingerprint density at radius 2 is 2.00 bits per heavy atom. The van der Waals surface area contributed by atoms with Gasteiger partial charge in [0.15, 0.2) is 0 Å². The van der Waals surface area contributed by atoms with Crippen LogP contribution in [0.5, 0.6) is 5.75 Å². The largest absolute Gasteiger partial charge is 0.488 e. The van der Waals surface area contributed by atoms with Gasteiger partial charge in [0.2, 0.25) is 5.91 Å². The van der Waals surface area contributed by atoms with Gasteiger partial charge in [-0.3, -0.25) is 4.79 Å². The van der Waals surface area contributed by atoms with E-state index in [1.807, 2.05) is 12.1 Å². The van der Waals surface area contributed by atoms with Crippen LogP contribution in [-0.4, -0.2) is 43.1 Å². The zero-order chi connectivity index (χ0) is 15.7. The molecule has 1 aromatic carbocycles. The Hall–Kier alpha value is -1.55. The fourth-order valence-electron chi connectivity index (χ4n) is 4.39. The number of hydrogen-bond acceptors (Lipinski definition) is 3. The maximum atomic E-state index is 12.4. The second-order valence-corrected chi connectivity index (χ2v) is 7.41. The summed E-state index contributed by atoms with van der Waals surface area (Å²) >= 11 is 0. The topological polar surface area (TPSA) is 41.6 Å². The van der Waals surface area contributed by atoms with Gasteiger partial charge in [0, 0.05) is 13.0 Å². The highest BCUT2D eigenvalue weighted by molar-refractivity contribution is 5.77. The quantitative estimate of drug-likeness (QED) is 0.911. The molecule has 23 heavy (non-hydrogen) atoms. The predicted octanol–water partition coefficient (Wildman–Crippen LogP) is 2.37. The van der Waals surface area contributed by atoms with Gasteiger partial charge in [0.05, 0.1) is 6.54 Å². The predicted molar refractivity (Wildman–Crippen MR) is 89.5 cm³/mol. The van der Waals surface area contributed by atoms with Gasteiger partial charge < -0.3 is 15.0 Å². The third-order valence-electron chi connectivity index (χ3n) is 5.84. The first-order valence-corrected chi connectivity index (χ1v) is 8.97. The minimum atomic E-state index is 0.144. The SMILES string of the molecule is O=C1CCC2(CCNCC2)CN1C[C@H]1CCc2ccccc2O1. The zero-order valence-electron chi connectivity index (χ0n) is 13.7. The number of ether oxygens (including phenoxy) is 1. The van der Waals surface area contributed by atoms with Gasteiger partial charge in [0.25, 0.3) is 0 Å². The third-order valence-corrected chi connectivity index (χ3v) is 5.84. The molecule has 4 rings (SSSR count). The van der Waals surface area contributed by atoms with Gasteiger partial charge in [-0.05, 0) is 62.2 Å². The Morgan fingerprint density at radius 3 is 2.87 bits per heavy atom. The van der Waals surface area contributed by atoms with Gasteiger partial charge in [-0.25, -0.2) is 0 Å². The van der Waals surface area contributed by atoms with Crippen molar-refractivity contribution < 1.29 is 9.53 Å². The van der Waals surface area contributed by atoms with Crippen LogP contribution in [0, 0.1) is 5.41 Å². The summed E-state index contributed by atoms with van der Waals surface area (Å²) in [4.78, 5) is 14.5. The number of nitrogens with one attached hydrogen (secondary N) is 1. The minimum absolute atomic E-state index is 0.144. The first-order valence-electron chi connectivity index (χ1n) is 8.97. The van der Waals surface area contributed by atoms with Gasteiger partial charge in [-0.2, -0.15) is 0 Å². The lowest BCUT2D eigenvalue weighted by molar-refractivity contribution is -0.140. The molecule has 2 fully saturated rings. The maximum absolute atomic E-state index is 12.4. The number of aryl methyl sites for hydroxylation is 1. The number of hydrogen-bond donors (Lipinski definition) is 1. The van der Waals surface area contributed by atoms with Crippen LogP contribution < -0.4 is 10.1 Å². The number of para-hydroxylation sites is 1. The highest BCUT2D eigenvalue weighted by Crippen LogP contribution is 2.39. The monoisotopic (exact) mass is 314 g/mol. The molecule has 3 heterocycles. The molecule has 3 aliphatic rings. The molecule has 4 heteroatoms. The Balaban J connectivity index is 1.42. The van der Waals surface area contributed by atoms with Crippen LogP contribution in [0.1, 0.15) is 37.7 Å². The molecule has 0 unspecified atom stereocenters. The molecule has 1 amide bonds. The molecule has 3 aliphatic heterocycles. The van der Waals surface area contributed by atoms with Crippen molar-refractivity contribution in [2.24, 2.45) is 5.41 Å². The van der Waals surface area contributed by atoms with Crippen molar-refractivity contribution in [1.29, 1.82) is 0 Å². The number of amides is 1. The number of rotatable bonds is 2. The molecular weight excluding hydrogens is 288 g/mol. The zero-order valence-corrected chi connectivity index (χ0v) is 13.7. The van der Waals surface area contributed by atoms with Crippen molar-refractivity contribution in [3.63, 3.8) is 0 Å². The standard InChI is InChI=1S/C19H26N2O2/c22-18-7-8-19(9-11-20-12-10-19)14-21(18)13-16-6-5-15-3-1-2-4-17(15)23-16/h1-4,16,20H,5-14H2/t16-/m1/s1. The number of carbonyl (C=O) groups is 1. The smallest absolute Gasteiger partial charge is 0.222 e. The molecule has 0 saturated carbocycles. The van der Waals surface area contributed by atoms with Crippen LogP contribution in [0.15, 0.2) is 24.3 Å². The van der Waals surface area contributed by atoms with E-state index in [2.05, 4.69) is 22.3 Å². The van der Waals surface area contributed by atoms with Crippen molar-refractivity contribution in [1.82, 2.24) is 10.2 Å². The summed E-state index contributed by atoms with van der Waals surface area (Å²) in [5.74, 6) is 1.32. The first kappa shape index (κ1) is 15.0. The Kier molecular flexibility index (Phi) is 4.02. The van der Waals surface area contributed by atoms with E-state index in [1.165, 1.54) is 18.4 Å². The van der Waals surface area contributed by atoms with E-state index < -0.39 is 0 Å². The van der Waals surface area contributed by atoms with E-state index in [-0.39, 0.29) is 6.10 Å². The molecule has 1 aromatic rings. The minimum Gasteiger partial charge on any atom is -0.488 e. The van der Waals surface area contributed by atoms with Gasteiger partial charge >= 0.3 is 0 Å². The molecule has 4 nitrogen and oxygen atoms in total. The van der Waals surface area contributed by atoms with E-state index >= 15 is 0 Å². The summed E-state index contributed by atoms with van der Waals surface area (Å²) < 4.78 is 6.15. The highest BCUT2D eigenvalue weighted by Gasteiger charge is 2.40. The van der Waals surface area contributed by atoms with Crippen molar-refractivity contribution in [3.8, 4) is 5.75 Å². The number of likely N-dealkylation sites (tertiary alicyclic amines) is 1. The van der Waals surface area contributed by atoms with Crippen molar-refractivity contribution in [2.75, 3.05) is 26.2 Å². The van der Waals surface area contributed by atoms with Gasteiger partial charge in [-0.15, -0.1) is 0 Å². The average Bonchev–Trinajstić information content (AvgIpc) is 2.59. The summed E-state index contributed by atoms with van der Waals surface area (Å²) in [6.45, 7) is 3.86. The molecule has 124 valence electrons. The van der Waals surface area contributed by atoms with E-state index in [0.29, 0.717) is 17.7 Å². The van der Waals surface area contributed by atoms with Crippen molar-refractivity contribution in [3.05, 3.63) is 29.8 Å². The normalized spacial score (nSPS) is 26.7. The second-order valence-electron chi connectivity index (χ2n) is 7.41. The second kappa shape index (κ2) is 6.16. The molecule has 0 aliphatic carbocycles. The molecule has 0 bridgehead atoms. The van der Waals surface area contributed by atoms with E-state index in [9.17, 15) is 4.79 Å². The van der Waals surface area contributed by atoms with Crippen LogP contribution >= 0.6 is 0 Å². The Labute approximate surface area is 138 Å². The lowest BCUT2D eigenvalue weighted by Crippen LogP contribution is -2.53. The van der Waals surface area contributed by atoms with Crippen LogP contribution in [-0.2, 0) is 11.2 Å². The van der Waals surface area contributed by atoms with Gasteiger partial charge in [-0.1, -0.05) is 18.2 Å². The van der Waals surface area contributed by atoms with Crippen LogP contribution in [0.2, 0.25) is 0 Å². The summed E-state index contributed by atoms with van der Waals surface area (Å²) in [6.07, 6.45) is 6.39. The molecular formula is C19H26N2O2.